The molecule has 1 saturated heterocycles. The van der Waals surface area contributed by atoms with Gasteiger partial charge in [-0.05, 0) is 13.8 Å². The fraction of sp³-hybridized carbons (Fsp3) is 0.733. The quantitative estimate of drug-likeness (QED) is 0.194. The summed E-state index contributed by atoms with van der Waals surface area (Å²) in [5.41, 5.74) is 0. The van der Waals surface area contributed by atoms with E-state index in [4.69, 9.17) is 13.8 Å². The van der Waals surface area contributed by atoms with Crippen LogP contribution in [-0.2, 0) is 32.8 Å². The molecule has 0 bridgehead atoms. The number of rotatable bonds is 8. The van der Waals surface area contributed by atoms with E-state index < -0.39 is 36.8 Å². The standard InChI is InChI=1S/C15H23N2O9P/c1-4-24-27(22,25-5-2)15(3)11(8-9-16(15)21)10-23-14(20)26-17-12(18)6-7-13(17)19/h9,11H,4-8,10H2,1-3H3. The van der Waals surface area contributed by atoms with E-state index >= 15 is 0 Å². The second-order valence-electron chi connectivity index (χ2n) is 6.10. The van der Waals surface area contributed by atoms with Gasteiger partial charge in [0.05, 0.1) is 19.1 Å². The predicted octanol–water partition coefficient (Wildman–Crippen LogP) is 1.79. The number of carbonyl (C=O) groups excluding carboxylic acids is 3. The van der Waals surface area contributed by atoms with Crippen molar-refractivity contribution in [1.82, 2.24) is 5.06 Å². The summed E-state index contributed by atoms with van der Waals surface area (Å²) < 4.78 is 29.3. The lowest BCUT2D eigenvalue weighted by atomic mass is 10.0. The van der Waals surface area contributed by atoms with Crippen molar-refractivity contribution in [3.05, 3.63) is 5.21 Å². The average molecular weight is 406 g/mol. The first kappa shape index (κ1) is 21.3. The van der Waals surface area contributed by atoms with Crippen LogP contribution in [0.1, 0.15) is 40.0 Å². The second kappa shape index (κ2) is 8.37. The van der Waals surface area contributed by atoms with Gasteiger partial charge in [-0.1, -0.05) is 5.06 Å². The van der Waals surface area contributed by atoms with Gasteiger partial charge in [0, 0.05) is 26.2 Å². The van der Waals surface area contributed by atoms with Gasteiger partial charge in [0.15, 0.2) is 6.21 Å². The molecular formula is C15H23N2O9P. The van der Waals surface area contributed by atoms with Gasteiger partial charge in [-0.3, -0.25) is 19.0 Å². The normalized spacial score (nSPS) is 25.7. The van der Waals surface area contributed by atoms with E-state index in [1.807, 2.05) is 0 Å². The molecule has 12 heteroatoms. The van der Waals surface area contributed by atoms with Crippen molar-refractivity contribution in [2.24, 2.45) is 5.92 Å². The Balaban J connectivity index is 2.06. The van der Waals surface area contributed by atoms with Crippen LogP contribution < -0.4 is 0 Å². The van der Waals surface area contributed by atoms with Crippen LogP contribution in [-0.4, -0.2) is 59.1 Å². The van der Waals surface area contributed by atoms with Crippen molar-refractivity contribution in [3.63, 3.8) is 0 Å². The maximum Gasteiger partial charge on any atom is 0.533 e. The molecule has 1 fully saturated rings. The Labute approximate surface area is 156 Å². The van der Waals surface area contributed by atoms with E-state index in [9.17, 15) is 24.2 Å². The van der Waals surface area contributed by atoms with E-state index in [0.29, 0.717) is 9.80 Å². The zero-order chi connectivity index (χ0) is 20.2. The van der Waals surface area contributed by atoms with Crippen molar-refractivity contribution in [3.8, 4) is 0 Å². The lowest BCUT2D eigenvalue weighted by Crippen LogP contribution is -2.43. The van der Waals surface area contributed by atoms with E-state index in [0.717, 1.165) is 0 Å². The summed E-state index contributed by atoms with van der Waals surface area (Å²) in [6, 6.07) is 0. The molecule has 0 aromatic rings. The third-order valence-electron chi connectivity index (χ3n) is 4.50. The fourth-order valence-electron chi connectivity index (χ4n) is 2.95. The molecule has 2 heterocycles. The van der Waals surface area contributed by atoms with Crippen LogP contribution in [0.5, 0.6) is 0 Å². The second-order valence-corrected chi connectivity index (χ2v) is 8.52. The summed E-state index contributed by atoms with van der Waals surface area (Å²) in [4.78, 5) is 39.3. The van der Waals surface area contributed by atoms with E-state index in [-0.39, 0.29) is 39.1 Å². The van der Waals surface area contributed by atoms with Gasteiger partial charge in [-0.2, -0.15) is 4.74 Å². The molecule has 11 nitrogen and oxygen atoms in total. The molecule has 2 atom stereocenters. The Morgan fingerprint density at radius 3 is 2.37 bits per heavy atom. The molecule has 0 N–H and O–H groups in total. The lowest BCUT2D eigenvalue weighted by Gasteiger charge is -2.34. The van der Waals surface area contributed by atoms with Crippen LogP contribution in [0.25, 0.3) is 0 Å². The summed E-state index contributed by atoms with van der Waals surface area (Å²) in [7, 11) is -3.87. The molecule has 0 aromatic heterocycles. The number of carbonyl (C=O) groups is 3. The molecule has 0 aromatic carbocycles. The topological polar surface area (TPSA) is 135 Å². The number of nitrogens with zero attached hydrogens (tertiary/aromatic N) is 2. The molecule has 0 radical (unpaired) electrons. The van der Waals surface area contributed by atoms with Gasteiger partial charge in [0.2, 0.25) is 0 Å². The first-order valence-corrected chi connectivity index (χ1v) is 10.1. The highest BCUT2D eigenvalue weighted by Gasteiger charge is 2.63. The van der Waals surface area contributed by atoms with Crippen LogP contribution in [0.3, 0.4) is 0 Å². The summed E-state index contributed by atoms with van der Waals surface area (Å²) in [5.74, 6) is -1.99. The van der Waals surface area contributed by atoms with Crippen LogP contribution in [0, 0.1) is 11.1 Å². The third kappa shape index (κ3) is 3.99. The van der Waals surface area contributed by atoms with Gasteiger partial charge < -0.3 is 19.0 Å². The van der Waals surface area contributed by atoms with Gasteiger partial charge in [-0.25, -0.2) is 4.79 Å². The largest absolute Gasteiger partial charge is 0.623 e. The highest BCUT2D eigenvalue weighted by Crippen LogP contribution is 2.64. The molecular weight excluding hydrogens is 383 g/mol. The summed E-state index contributed by atoms with van der Waals surface area (Å²) in [6.45, 7) is 4.45. The van der Waals surface area contributed by atoms with Gasteiger partial charge in [0.25, 0.3) is 17.1 Å². The third-order valence-corrected chi connectivity index (χ3v) is 7.37. The number of imide groups is 1. The van der Waals surface area contributed by atoms with Crippen molar-refractivity contribution in [1.29, 1.82) is 0 Å². The first-order valence-electron chi connectivity index (χ1n) is 8.59. The lowest BCUT2D eigenvalue weighted by molar-refractivity contribution is -0.515. The van der Waals surface area contributed by atoms with Crippen LogP contribution in [0.2, 0.25) is 0 Å². The minimum absolute atomic E-state index is 0.0429. The monoisotopic (exact) mass is 406 g/mol. The van der Waals surface area contributed by atoms with Crippen molar-refractivity contribution in [2.75, 3.05) is 19.8 Å². The number of hydrogen-bond donors (Lipinski definition) is 0. The Bertz CT molecular complexity index is 669. The van der Waals surface area contributed by atoms with Crippen molar-refractivity contribution in [2.45, 2.75) is 45.3 Å². The predicted molar refractivity (Wildman–Crippen MR) is 90.6 cm³/mol. The SMILES string of the molecule is CCOP(=O)(OCC)C1(C)C(COC(=O)ON2C(=O)CCC2=O)CC=[N+]1[O-]. The van der Waals surface area contributed by atoms with E-state index in [1.54, 1.807) is 13.8 Å². The number of hydroxylamine groups is 3. The van der Waals surface area contributed by atoms with Crippen molar-refractivity contribution >= 4 is 31.8 Å². The maximum absolute atomic E-state index is 13.2. The Morgan fingerprint density at radius 1 is 1.30 bits per heavy atom. The highest BCUT2D eigenvalue weighted by molar-refractivity contribution is 7.55. The Hall–Kier alpha value is -1.97. The zero-order valence-electron chi connectivity index (χ0n) is 15.4. The number of ether oxygens (including phenoxy) is 1. The molecule has 27 heavy (non-hydrogen) atoms. The smallest absolute Gasteiger partial charge is 0.533 e. The van der Waals surface area contributed by atoms with Gasteiger partial charge in [-0.15, -0.1) is 0 Å². The maximum atomic E-state index is 13.2. The molecule has 2 unspecified atom stereocenters. The summed E-state index contributed by atoms with van der Waals surface area (Å²) in [5, 5.41) is 11.1. The van der Waals surface area contributed by atoms with Gasteiger partial charge >= 0.3 is 13.8 Å². The van der Waals surface area contributed by atoms with E-state index in [1.165, 1.54) is 13.1 Å². The molecule has 2 amide bonds. The molecule has 0 spiro atoms. The van der Waals surface area contributed by atoms with Crippen LogP contribution >= 0.6 is 7.60 Å². The van der Waals surface area contributed by atoms with Gasteiger partial charge in [0.1, 0.15) is 6.61 Å². The molecule has 2 rings (SSSR count). The minimum atomic E-state index is -3.87. The van der Waals surface area contributed by atoms with Crippen molar-refractivity contribution < 1.29 is 42.3 Å². The fourth-order valence-corrected chi connectivity index (χ4v) is 5.17. The molecule has 0 aliphatic carbocycles. The number of hydrogen-bond acceptors (Lipinski definition) is 9. The Morgan fingerprint density at radius 2 is 1.85 bits per heavy atom. The van der Waals surface area contributed by atoms with Crippen LogP contribution in [0.4, 0.5) is 4.79 Å². The average Bonchev–Trinajstić information content (AvgIpc) is 3.08. The Kier molecular flexibility index (Phi) is 6.61. The molecule has 2 aliphatic rings. The first-order chi connectivity index (χ1) is 12.7. The zero-order valence-corrected chi connectivity index (χ0v) is 16.3. The highest BCUT2D eigenvalue weighted by atomic mass is 31.2. The number of amides is 2. The molecule has 152 valence electrons. The van der Waals surface area contributed by atoms with E-state index in [2.05, 4.69) is 4.84 Å². The summed E-state index contributed by atoms with van der Waals surface area (Å²) >= 11 is 0. The molecule has 2 aliphatic heterocycles. The minimum Gasteiger partial charge on any atom is -0.623 e. The summed E-state index contributed by atoms with van der Waals surface area (Å²) in [6.07, 6.45) is 0.0849. The molecule has 0 saturated carbocycles. The van der Waals surface area contributed by atoms with Crippen LogP contribution in [0.15, 0.2) is 0 Å².